The number of methoxy groups -OCH3 is 1. The summed E-state index contributed by atoms with van der Waals surface area (Å²) in [4.78, 5) is 38.8. The van der Waals surface area contributed by atoms with E-state index in [2.05, 4.69) is 5.32 Å². The van der Waals surface area contributed by atoms with Crippen LogP contribution in [0.25, 0.3) is 0 Å². The molecule has 3 rings (SSSR count). The molecule has 7 heteroatoms. The van der Waals surface area contributed by atoms with E-state index in [4.69, 9.17) is 4.74 Å². The van der Waals surface area contributed by atoms with Gasteiger partial charge in [0, 0.05) is 13.1 Å². The standard InChI is InChI=1S/C17H19FN2O4/c1-4-17(16(23)24-3)12-11(14(21)20(2)15(12)22)13(19-17)9-5-7-10(18)8-6-9/h5-8,11-13,19H,4H2,1-3H3/t11-,12+,13-,17-/m0/s1. The van der Waals surface area contributed by atoms with Crippen molar-refractivity contribution in [3.8, 4) is 0 Å². The van der Waals surface area contributed by atoms with E-state index in [1.807, 2.05) is 0 Å². The lowest BCUT2D eigenvalue weighted by Crippen LogP contribution is -2.55. The number of halogens is 1. The number of carbonyl (C=O) groups excluding carboxylic acids is 3. The van der Waals surface area contributed by atoms with Crippen LogP contribution in [0, 0.1) is 17.7 Å². The van der Waals surface area contributed by atoms with E-state index in [1.54, 1.807) is 19.1 Å². The Morgan fingerprint density at radius 2 is 1.92 bits per heavy atom. The van der Waals surface area contributed by atoms with Gasteiger partial charge in [-0.3, -0.25) is 24.6 Å². The molecule has 2 amide bonds. The lowest BCUT2D eigenvalue weighted by molar-refractivity contribution is -0.154. The summed E-state index contributed by atoms with van der Waals surface area (Å²) >= 11 is 0. The van der Waals surface area contributed by atoms with E-state index in [1.165, 1.54) is 26.3 Å². The number of amides is 2. The zero-order valence-corrected chi connectivity index (χ0v) is 13.7. The van der Waals surface area contributed by atoms with Crippen molar-refractivity contribution in [2.45, 2.75) is 24.9 Å². The topological polar surface area (TPSA) is 75.7 Å². The minimum absolute atomic E-state index is 0.297. The molecule has 0 radical (unpaired) electrons. The maximum Gasteiger partial charge on any atom is 0.326 e. The van der Waals surface area contributed by atoms with Crippen LogP contribution in [-0.2, 0) is 19.1 Å². The molecule has 0 aromatic heterocycles. The van der Waals surface area contributed by atoms with Crippen molar-refractivity contribution in [1.29, 1.82) is 0 Å². The quantitative estimate of drug-likeness (QED) is 0.660. The summed E-state index contributed by atoms with van der Waals surface area (Å²) in [5.74, 6) is -3.25. The molecule has 0 bridgehead atoms. The van der Waals surface area contributed by atoms with Crippen molar-refractivity contribution in [3.05, 3.63) is 35.6 Å². The molecule has 2 fully saturated rings. The van der Waals surface area contributed by atoms with Crippen LogP contribution in [0.2, 0.25) is 0 Å². The Hall–Kier alpha value is -2.28. The molecule has 4 atom stereocenters. The molecule has 24 heavy (non-hydrogen) atoms. The number of hydrogen-bond acceptors (Lipinski definition) is 5. The Morgan fingerprint density at radius 1 is 1.29 bits per heavy atom. The minimum Gasteiger partial charge on any atom is -0.468 e. The zero-order chi connectivity index (χ0) is 17.6. The van der Waals surface area contributed by atoms with Crippen LogP contribution in [0.3, 0.4) is 0 Å². The first kappa shape index (κ1) is 16.6. The third-order valence-corrected chi connectivity index (χ3v) is 5.21. The van der Waals surface area contributed by atoms with Crippen molar-refractivity contribution >= 4 is 17.8 Å². The molecule has 0 unspecified atom stereocenters. The average molecular weight is 334 g/mol. The predicted octanol–water partition coefficient (Wildman–Crippen LogP) is 1.02. The van der Waals surface area contributed by atoms with Crippen LogP contribution in [0.4, 0.5) is 4.39 Å². The highest BCUT2D eigenvalue weighted by Gasteiger charge is 2.67. The SMILES string of the molecule is CC[C@]1(C(=O)OC)N[C@@H](c2ccc(F)cc2)[C@H]2C(=O)N(C)C(=O)[C@@H]21. The largest absolute Gasteiger partial charge is 0.468 e. The van der Waals surface area contributed by atoms with Gasteiger partial charge in [0.25, 0.3) is 0 Å². The molecule has 6 nitrogen and oxygen atoms in total. The van der Waals surface area contributed by atoms with Crippen molar-refractivity contribution < 1.29 is 23.5 Å². The second-order valence-corrected chi connectivity index (χ2v) is 6.23. The number of nitrogens with zero attached hydrogens (tertiary/aromatic N) is 1. The molecule has 2 heterocycles. The summed E-state index contributed by atoms with van der Waals surface area (Å²) in [6.07, 6.45) is 0.297. The molecular weight excluding hydrogens is 315 g/mol. The van der Waals surface area contributed by atoms with Gasteiger partial charge in [-0.2, -0.15) is 0 Å². The molecule has 1 N–H and O–H groups in total. The number of benzene rings is 1. The number of carbonyl (C=O) groups is 3. The highest BCUT2D eigenvalue weighted by atomic mass is 19.1. The summed E-state index contributed by atoms with van der Waals surface area (Å²) in [6, 6.07) is 5.14. The van der Waals surface area contributed by atoms with Crippen LogP contribution in [0.1, 0.15) is 24.9 Å². The number of fused-ring (bicyclic) bond motifs is 1. The second-order valence-electron chi connectivity index (χ2n) is 6.23. The van der Waals surface area contributed by atoms with Crippen LogP contribution in [0.5, 0.6) is 0 Å². The number of nitrogens with one attached hydrogen (secondary N) is 1. The van der Waals surface area contributed by atoms with Gasteiger partial charge in [0.2, 0.25) is 11.8 Å². The minimum atomic E-state index is -1.27. The Balaban J connectivity index is 2.12. The summed E-state index contributed by atoms with van der Waals surface area (Å²) < 4.78 is 18.1. The first-order valence-corrected chi connectivity index (χ1v) is 7.80. The summed E-state index contributed by atoms with van der Waals surface area (Å²) in [7, 11) is 2.68. The number of likely N-dealkylation sites (tertiary alicyclic amines) is 1. The molecule has 0 aliphatic carbocycles. The van der Waals surface area contributed by atoms with Crippen molar-refractivity contribution in [1.82, 2.24) is 10.2 Å². The Labute approximate surface area is 139 Å². The zero-order valence-electron chi connectivity index (χ0n) is 13.7. The number of hydrogen-bond donors (Lipinski definition) is 1. The lowest BCUT2D eigenvalue weighted by atomic mass is 9.78. The van der Waals surface area contributed by atoms with Crippen LogP contribution in [0.15, 0.2) is 24.3 Å². The van der Waals surface area contributed by atoms with E-state index < -0.39 is 41.1 Å². The molecular formula is C17H19FN2O4. The number of rotatable bonds is 3. The predicted molar refractivity (Wildman–Crippen MR) is 82.1 cm³/mol. The number of esters is 1. The van der Waals surface area contributed by atoms with E-state index in [0.717, 1.165) is 4.90 Å². The van der Waals surface area contributed by atoms with Crippen LogP contribution in [-0.4, -0.2) is 42.4 Å². The van der Waals surface area contributed by atoms with Gasteiger partial charge in [0.05, 0.1) is 18.9 Å². The Bertz CT molecular complexity index is 705. The van der Waals surface area contributed by atoms with Gasteiger partial charge in [0.15, 0.2) is 0 Å². The molecule has 1 aromatic rings. The maximum atomic E-state index is 13.2. The normalized spacial score (nSPS) is 32.2. The molecule has 0 saturated carbocycles. The van der Waals surface area contributed by atoms with Gasteiger partial charge in [0.1, 0.15) is 11.4 Å². The summed E-state index contributed by atoms with van der Waals surface area (Å²) in [5.41, 5.74) is -0.613. The van der Waals surface area contributed by atoms with Crippen molar-refractivity contribution in [3.63, 3.8) is 0 Å². The Morgan fingerprint density at radius 3 is 2.46 bits per heavy atom. The van der Waals surface area contributed by atoms with E-state index >= 15 is 0 Å². The lowest BCUT2D eigenvalue weighted by Gasteiger charge is -2.30. The fourth-order valence-electron chi connectivity index (χ4n) is 3.94. The van der Waals surface area contributed by atoms with Gasteiger partial charge in [-0.25, -0.2) is 4.39 Å². The monoisotopic (exact) mass is 334 g/mol. The van der Waals surface area contributed by atoms with Gasteiger partial charge in [-0.15, -0.1) is 0 Å². The fourth-order valence-corrected chi connectivity index (χ4v) is 3.94. The van der Waals surface area contributed by atoms with E-state index in [-0.39, 0.29) is 5.91 Å². The van der Waals surface area contributed by atoms with Crippen LogP contribution < -0.4 is 5.32 Å². The van der Waals surface area contributed by atoms with Gasteiger partial charge in [-0.05, 0) is 24.1 Å². The van der Waals surface area contributed by atoms with Gasteiger partial charge >= 0.3 is 5.97 Å². The van der Waals surface area contributed by atoms with Crippen molar-refractivity contribution in [2.24, 2.45) is 11.8 Å². The maximum absolute atomic E-state index is 13.2. The van der Waals surface area contributed by atoms with Gasteiger partial charge in [-0.1, -0.05) is 19.1 Å². The molecule has 0 spiro atoms. The van der Waals surface area contributed by atoms with Crippen molar-refractivity contribution in [2.75, 3.05) is 14.2 Å². The fraction of sp³-hybridized carbons (Fsp3) is 0.471. The molecule has 2 saturated heterocycles. The Kier molecular flexibility index (Phi) is 3.91. The third kappa shape index (κ3) is 2.07. The van der Waals surface area contributed by atoms with E-state index in [9.17, 15) is 18.8 Å². The average Bonchev–Trinajstić information content (AvgIpc) is 3.05. The van der Waals surface area contributed by atoms with Gasteiger partial charge < -0.3 is 4.74 Å². The summed E-state index contributed by atoms with van der Waals surface area (Å²) in [6.45, 7) is 1.77. The second kappa shape index (κ2) is 5.66. The number of imide groups is 1. The number of ether oxygens (including phenoxy) is 1. The molecule has 2 aliphatic heterocycles. The van der Waals surface area contributed by atoms with E-state index in [0.29, 0.717) is 12.0 Å². The highest BCUT2D eigenvalue weighted by molar-refractivity contribution is 6.09. The highest BCUT2D eigenvalue weighted by Crippen LogP contribution is 2.49. The smallest absolute Gasteiger partial charge is 0.326 e. The molecule has 128 valence electrons. The first-order chi connectivity index (χ1) is 11.4. The summed E-state index contributed by atoms with van der Waals surface area (Å²) in [5, 5.41) is 3.16. The third-order valence-electron chi connectivity index (χ3n) is 5.21. The first-order valence-electron chi connectivity index (χ1n) is 7.80. The molecule has 1 aromatic carbocycles. The molecule has 2 aliphatic rings. The van der Waals surface area contributed by atoms with Crippen LogP contribution >= 0.6 is 0 Å².